The van der Waals surface area contributed by atoms with E-state index < -0.39 is 0 Å². The first kappa shape index (κ1) is 9.15. The van der Waals surface area contributed by atoms with Gasteiger partial charge in [0.25, 0.3) is 0 Å². The van der Waals surface area contributed by atoms with Crippen LogP contribution in [-0.4, -0.2) is 23.5 Å². The molecule has 1 aromatic heterocycles. The summed E-state index contributed by atoms with van der Waals surface area (Å²) >= 11 is 0. The highest BCUT2D eigenvalue weighted by molar-refractivity contribution is 5.94. The molecular weight excluding hydrogens is 178 g/mol. The molecule has 1 saturated heterocycles. The molecular formula is C10H13N3O. The number of carbonyl (C=O) groups is 1. The summed E-state index contributed by atoms with van der Waals surface area (Å²) in [6.07, 6.45) is 2.65. The molecule has 0 aliphatic carbocycles. The lowest BCUT2D eigenvalue weighted by molar-refractivity contribution is -0.119. The Morgan fingerprint density at radius 3 is 2.93 bits per heavy atom. The number of rotatable bonds is 2. The number of nitrogens with zero attached hydrogens (tertiary/aromatic N) is 1. The lowest BCUT2D eigenvalue weighted by Crippen LogP contribution is -2.50. The van der Waals surface area contributed by atoms with Crippen LogP contribution in [0.2, 0.25) is 0 Å². The molecule has 1 unspecified atom stereocenters. The molecule has 2 N–H and O–H groups in total. The molecule has 1 aliphatic rings. The summed E-state index contributed by atoms with van der Waals surface area (Å²) in [5.41, 5.74) is 1.09. The molecule has 2 rings (SSSR count). The van der Waals surface area contributed by atoms with Gasteiger partial charge in [-0.05, 0) is 31.5 Å². The minimum absolute atomic E-state index is 0.00704. The number of amides is 1. The molecule has 0 saturated carbocycles. The quantitative estimate of drug-likeness (QED) is 0.723. The maximum absolute atomic E-state index is 11.5. The molecule has 0 radical (unpaired) electrons. The summed E-state index contributed by atoms with van der Waals surface area (Å²) in [6, 6.07) is 3.71. The van der Waals surface area contributed by atoms with Gasteiger partial charge in [0.1, 0.15) is 5.82 Å². The molecule has 0 bridgehead atoms. The van der Waals surface area contributed by atoms with E-state index in [2.05, 4.69) is 15.6 Å². The number of hydrogen-bond acceptors (Lipinski definition) is 3. The average Bonchev–Trinajstić information content (AvgIpc) is 2.06. The van der Waals surface area contributed by atoms with Crippen LogP contribution < -0.4 is 10.6 Å². The van der Waals surface area contributed by atoms with Gasteiger partial charge >= 0.3 is 0 Å². The minimum Gasteiger partial charge on any atom is -0.309 e. The first-order valence-corrected chi connectivity index (χ1v) is 4.72. The molecule has 1 amide bonds. The van der Waals surface area contributed by atoms with Crippen molar-refractivity contribution in [3.63, 3.8) is 0 Å². The second-order valence-electron chi connectivity index (χ2n) is 3.51. The Kier molecular flexibility index (Phi) is 2.45. The van der Waals surface area contributed by atoms with E-state index in [1.165, 1.54) is 0 Å². The van der Waals surface area contributed by atoms with Crippen molar-refractivity contribution < 1.29 is 4.79 Å². The number of pyridine rings is 1. The van der Waals surface area contributed by atoms with Crippen molar-refractivity contribution in [3.05, 3.63) is 23.9 Å². The molecule has 4 nitrogen and oxygen atoms in total. The molecule has 2 heterocycles. The SMILES string of the molecule is Cc1ccc(NC(=O)C2CCN2)nc1. The van der Waals surface area contributed by atoms with Crippen LogP contribution in [0.3, 0.4) is 0 Å². The third kappa shape index (κ3) is 1.90. The fourth-order valence-corrected chi connectivity index (χ4v) is 1.27. The Morgan fingerprint density at radius 1 is 1.64 bits per heavy atom. The maximum Gasteiger partial charge on any atom is 0.242 e. The van der Waals surface area contributed by atoms with Crippen molar-refractivity contribution in [1.82, 2.24) is 10.3 Å². The van der Waals surface area contributed by atoms with Crippen molar-refractivity contribution >= 4 is 11.7 Å². The average molecular weight is 191 g/mol. The van der Waals surface area contributed by atoms with Crippen LogP contribution in [0.5, 0.6) is 0 Å². The van der Waals surface area contributed by atoms with Gasteiger partial charge in [-0.1, -0.05) is 6.07 Å². The number of nitrogens with one attached hydrogen (secondary N) is 2. The van der Waals surface area contributed by atoms with Gasteiger partial charge in [-0.25, -0.2) is 4.98 Å². The molecule has 1 atom stereocenters. The van der Waals surface area contributed by atoms with Gasteiger partial charge in [0.05, 0.1) is 6.04 Å². The summed E-state index contributed by atoms with van der Waals surface area (Å²) in [5, 5.41) is 5.80. The molecule has 4 heteroatoms. The normalized spacial score (nSPS) is 19.9. The second kappa shape index (κ2) is 3.75. The minimum atomic E-state index is -0.0295. The van der Waals surface area contributed by atoms with Crippen molar-refractivity contribution in [2.45, 2.75) is 19.4 Å². The summed E-state index contributed by atoms with van der Waals surface area (Å²) in [6.45, 7) is 2.89. The van der Waals surface area contributed by atoms with E-state index in [1.54, 1.807) is 6.20 Å². The lowest BCUT2D eigenvalue weighted by atomic mass is 10.1. The topological polar surface area (TPSA) is 54.0 Å². The molecule has 0 aromatic carbocycles. The summed E-state index contributed by atoms with van der Waals surface area (Å²) in [7, 11) is 0. The van der Waals surface area contributed by atoms with E-state index in [-0.39, 0.29) is 11.9 Å². The number of aryl methyl sites for hydroxylation is 1. The number of carbonyl (C=O) groups excluding carboxylic acids is 1. The van der Waals surface area contributed by atoms with Crippen molar-refractivity contribution in [1.29, 1.82) is 0 Å². The smallest absolute Gasteiger partial charge is 0.242 e. The van der Waals surface area contributed by atoms with Crippen molar-refractivity contribution in [3.8, 4) is 0 Å². The maximum atomic E-state index is 11.5. The molecule has 14 heavy (non-hydrogen) atoms. The highest BCUT2D eigenvalue weighted by Gasteiger charge is 2.24. The van der Waals surface area contributed by atoms with Crippen LogP contribution >= 0.6 is 0 Å². The van der Waals surface area contributed by atoms with Crippen LogP contribution in [0.1, 0.15) is 12.0 Å². The Balaban J connectivity index is 1.96. The zero-order valence-electron chi connectivity index (χ0n) is 8.08. The van der Waals surface area contributed by atoms with Crippen LogP contribution in [0.4, 0.5) is 5.82 Å². The lowest BCUT2D eigenvalue weighted by Gasteiger charge is -2.25. The van der Waals surface area contributed by atoms with Gasteiger partial charge < -0.3 is 10.6 Å². The Bertz CT molecular complexity index is 330. The largest absolute Gasteiger partial charge is 0.309 e. The van der Waals surface area contributed by atoms with Crippen LogP contribution in [0.15, 0.2) is 18.3 Å². The van der Waals surface area contributed by atoms with E-state index in [4.69, 9.17) is 0 Å². The highest BCUT2D eigenvalue weighted by atomic mass is 16.2. The Hall–Kier alpha value is -1.42. The first-order chi connectivity index (χ1) is 6.75. The fraction of sp³-hybridized carbons (Fsp3) is 0.400. The first-order valence-electron chi connectivity index (χ1n) is 4.72. The number of aromatic nitrogens is 1. The summed E-state index contributed by atoms with van der Waals surface area (Å²) in [5.74, 6) is 0.627. The van der Waals surface area contributed by atoms with Crippen molar-refractivity contribution in [2.75, 3.05) is 11.9 Å². The third-order valence-corrected chi connectivity index (χ3v) is 2.30. The van der Waals surface area contributed by atoms with Crippen molar-refractivity contribution in [2.24, 2.45) is 0 Å². The molecule has 74 valence electrons. The van der Waals surface area contributed by atoms with Crippen LogP contribution in [-0.2, 0) is 4.79 Å². The van der Waals surface area contributed by atoms with E-state index >= 15 is 0 Å². The van der Waals surface area contributed by atoms with Gasteiger partial charge in [0.2, 0.25) is 5.91 Å². The number of anilines is 1. The van der Waals surface area contributed by atoms with Gasteiger partial charge in [0.15, 0.2) is 0 Å². The predicted octanol–water partition coefficient (Wildman–Crippen LogP) is 0.690. The van der Waals surface area contributed by atoms with Crippen LogP contribution in [0, 0.1) is 6.92 Å². The second-order valence-corrected chi connectivity index (χ2v) is 3.51. The molecule has 1 aromatic rings. The predicted molar refractivity (Wildman–Crippen MR) is 54.0 cm³/mol. The highest BCUT2D eigenvalue weighted by Crippen LogP contribution is 2.07. The zero-order valence-corrected chi connectivity index (χ0v) is 8.08. The van der Waals surface area contributed by atoms with Gasteiger partial charge in [-0.2, -0.15) is 0 Å². The van der Waals surface area contributed by atoms with Gasteiger partial charge in [0, 0.05) is 6.20 Å². The Morgan fingerprint density at radius 2 is 2.43 bits per heavy atom. The molecule has 1 fully saturated rings. The third-order valence-electron chi connectivity index (χ3n) is 2.30. The van der Waals surface area contributed by atoms with E-state index in [0.29, 0.717) is 5.82 Å². The number of hydrogen-bond donors (Lipinski definition) is 2. The molecule has 0 spiro atoms. The summed E-state index contributed by atoms with van der Waals surface area (Å²) < 4.78 is 0. The summed E-state index contributed by atoms with van der Waals surface area (Å²) in [4.78, 5) is 15.6. The Labute approximate surface area is 82.7 Å². The molecule has 1 aliphatic heterocycles. The van der Waals surface area contributed by atoms with E-state index in [1.807, 2.05) is 19.1 Å². The zero-order chi connectivity index (χ0) is 9.97. The van der Waals surface area contributed by atoms with E-state index in [9.17, 15) is 4.79 Å². The van der Waals surface area contributed by atoms with Gasteiger partial charge in [-0.3, -0.25) is 4.79 Å². The van der Waals surface area contributed by atoms with Crippen LogP contribution in [0.25, 0.3) is 0 Å². The standard InChI is InChI=1S/C10H13N3O/c1-7-2-3-9(12-6-7)13-10(14)8-4-5-11-8/h2-3,6,8,11H,4-5H2,1H3,(H,12,13,14). The van der Waals surface area contributed by atoms with E-state index in [0.717, 1.165) is 18.5 Å². The monoisotopic (exact) mass is 191 g/mol. The van der Waals surface area contributed by atoms with Gasteiger partial charge in [-0.15, -0.1) is 0 Å². The fourth-order valence-electron chi connectivity index (χ4n) is 1.27.